The molecule has 0 saturated heterocycles. The van der Waals surface area contributed by atoms with Crippen molar-refractivity contribution in [3.05, 3.63) is 29.8 Å². The Labute approximate surface area is 118 Å². The third-order valence-electron chi connectivity index (χ3n) is 3.26. The highest BCUT2D eigenvalue weighted by molar-refractivity contribution is 5.98. The number of rotatable bonds is 7. The Kier molecular flexibility index (Phi) is 5.12. The van der Waals surface area contributed by atoms with E-state index in [1.54, 1.807) is 24.3 Å². The van der Waals surface area contributed by atoms with E-state index in [0.717, 1.165) is 25.7 Å². The van der Waals surface area contributed by atoms with E-state index in [1.165, 1.54) is 0 Å². The molecule has 5 heteroatoms. The van der Waals surface area contributed by atoms with Gasteiger partial charge < -0.3 is 16.4 Å². The first-order valence-electron chi connectivity index (χ1n) is 7.10. The van der Waals surface area contributed by atoms with Crippen LogP contribution in [-0.2, 0) is 4.79 Å². The third-order valence-corrected chi connectivity index (χ3v) is 3.26. The number of hydrogen-bond donors (Lipinski definition) is 3. The molecule has 5 nitrogen and oxygen atoms in total. The molecule has 1 aromatic carbocycles. The minimum absolute atomic E-state index is 0.0468. The molecular formula is C15H21N3O2. The van der Waals surface area contributed by atoms with Crippen LogP contribution in [0, 0.1) is 5.92 Å². The van der Waals surface area contributed by atoms with Gasteiger partial charge in [-0.25, -0.2) is 0 Å². The molecule has 0 spiro atoms. The normalized spacial score (nSPS) is 13.8. The van der Waals surface area contributed by atoms with Gasteiger partial charge in [-0.1, -0.05) is 6.07 Å². The zero-order valence-corrected chi connectivity index (χ0v) is 11.5. The summed E-state index contributed by atoms with van der Waals surface area (Å²) in [5, 5.41) is 5.68. The van der Waals surface area contributed by atoms with E-state index < -0.39 is 0 Å². The fourth-order valence-corrected chi connectivity index (χ4v) is 1.90. The van der Waals surface area contributed by atoms with Gasteiger partial charge in [-0.05, 0) is 50.4 Å². The minimum Gasteiger partial charge on any atom is -0.352 e. The highest BCUT2D eigenvalue weighted by atomic mass is 16.2. The number of nitrogens with one attached hydrogen (secondary N) is 2. The fraction of sp³-hybridized carbons (Fsp3) is 0.467. The molecule has 4 N–H and O–H groups in total. The van der Waals surface area contributed by atoms with Crippen LogP contribution in [0.1, 0.15) is 36.0 Å². The molecule has 1 aliphatic carbocycles. The summed E-state index contributed by atoms with van der Waals surface area (Å²) in [5.74, 6) is 0.0822. The summed E-state index contributed by atoms with van der Waals surface area (Å²) < 4.78 is 0. The van der Waals surface area contributed by atoms with E-state index in [-0.39, 0.29) is 17.7 Å². The molecule has 0 bridgehead atoms. The van der Waals surface area contributed by atoms with Crippen LogP contribution in [0.2, 0.25) is 0 Å². The summed E-state index contributed by atoms with van der Waals surface area (Å²) in [6.07, 6.45) is 3.71. The van der Waals surface area contributed by atoms with E-state index in [1.807, 2.05) is 0 Å². The van der Waals surface area contributed by atoms with Gasteiger partial charge in [0.25, 0.3) is 5.91 Å². The fourth-order valence-electron chi connectivity index (χ4n) is 1.90. The van der Waals surface area contributed by atoms with Crippen molar-refractivity contribution in [3.63, 3.8) is 0 Å². The second-order valence-corrected chi connectivity index (χ2v) is 5.10. The lowest BCUT2D eigenvalue weighted by Gasteiger charge is -2.08. The molecule has 0 aliphatic heterocycles. The van der Waals surface area contributed by atoms with E-state index in [9.17, 15) is 9.59 Å². The lowest BCUT2D eigenvalue weighted by Crippen LogP contribution is -2.25. The predicted octanol–water partition coefficient (Wildman–Crippen LogP) is 1.50. The average Bonchev–Trinajstić information content (AvgIpc) is 3.28. The Morgan fingerprint density at radius 2 is 2.05 bits per heavy atom. The van der Waals surface area contributed by atoms with Crippen LogP contribution in [0.3, 0.4) is 0 Å². The van der Waals surface area contributed by atoms with Crippen molar-refractivity contribution < 1.29 is 9.59 Å². The van der Waals surface area contributed by atoms with Gasteiger partial charge in [0.2, 0.25) is 5.91 Å². The molecule has 0 radical (unpaired) electrons. The van der Waals surface area contributed by atoms with E-state index in [0.29, 0.717) is 24.3 Å². The van der Waals surface area contributed by atoms with Crippen molar-refractivity contribution in [3.8, 4) is 0 Å². The number of unbranched alkanes of at least 4 members (excludes halogenated alkanes) is 1. The predicted molar refractivity (Wildman–Crippen MR) is 78.4 cm³/mol. The average molecular weight is 275 g/mol. The Morgan fingerprint density at radius 3 is 2.75 bits per heavy atom. The van der Waals surface area contributed by atoms with Gasteiger partial charge in [-0.15, -0.1) is 0 Å². The molecule has 0 atom stereocenters. The molecule has 2 amide bonds. The van der Waals surface area contributed by atoms with Crippen LogP contribution in [-0.4, -0.2) is 24.9 Å². The zero-order valence-electron chi connectivity index (χ0n) is 11.5. The summed E-state index contributed by atoms with van der Waals surface area (Å²) in [5.41, 5.74) is 6.64. The summed E-state index contributed by atoms with van der Waals surface area (Å²) in [6, 6.07) is 7.02. The molecule has 108 valence electrons. The first kappa shape index (κ1) is 14.5. The molecule has 0 heterocycles. The number of nitrogens with two attached hydrogens (primary N) is 1. The number of amides is 2. The zero-order chi connectivity index (χ0) is 14.4. The van der Waals surface area contributed by atoms with Gasteiger partial charge in [-0.3, -0.25) is 9.59 Å². The number of benzene rings is 1. The second kappa shape index (κ2) is 7.05. The standard InChI is InChI=1S/C15H21N3O2/c16-8-1-2-9-17-14(19)12-4-3-5-13(10-12)18-15(20)11-6-7-11/h3-5,10-11H,1-2,6-9,16H2,(H,17,19)(H,18,20). The topological polar surface area (TPSA) is 84.2 Å². The molecular weight excluding hydrogens is 254 g/mol. The number of carbonyl (C=O) groups is 2. The van der Waals surface area contributed by atoms with Crippen molar-refractivity contribution in [2.75, 3.05) is 18.4 Å². The van der Waals surface area contributed by atoms with Crippen molar-refractivity contribution in [2.24, 2.45) is 11.7 Å². The van der Waals surface area contributed by atoms with Crippen molar-refractivity contribution in [1.82, 2.24) is 5.32 Å². The number of anilines is 1. The van der Waals surface area contributed by atoms with Crippen molar-refractivity contribution in [1.29, 1.82) is 0 Å². The Hall–Kier alpha value is -1.88. The van der Waals surface area contributed by atoms with Gasteiger partial charge >= 0.3 is 0 Å². The van der Waals surface area contributed by atoms with Crippen LogP contribution < -0.4 is 16.4 Å². The molecule has 1 saturated carbocycles. The van der Waals surface area contributed by atoms with Crippen molar-refractivity contribution >= 4 is 17.5 Å². The summed E-state index contributed by atoms with van der Waals surface area (Å²) in [4.78, 5) is 23.6. The van der Waals surface area contributed by atoms with Crippen LogP contribution in [0.25, 0.3) is 0 Å². The monoisotopic (exact) mass is 275 g/mol. The van der Waals surface area contributed by atoms with Crippen molar-refractivity contribution in [2.45, 2.75) is 25.7 Å². The lowest BCUT2D eigenvalue weighted by molar-refractivity contribution is -0.117. The first-order valence-corrected chi connectivity index (χ1v) is 7.10. The van der Waals surface area contributed by atoms with Crippen LogP contribution in [0.5, 0.6) is 0 Å². The van der Waals surface area contributed by atoms with E-state index in [4.69, 9.17) is 5.73 Å². The largest absolute Gasteiger partial charge is 0.352 e. The summed E-state index contributed by atoms with van der Waals surface area (Å²) in [6.45, 7) is 1.26. The van der Waals surface area contributed by atoms with E-state index in [2.05, 4.69) is 10.6 Å². The molecule has 20 heavy (non-hydrogen) atoms. The first-order chi connectivity index (χ1) is 9.70. The number of hydrogen-bond acceptors (Lipinski definition) is 3. The SMILES string of the molecule is NCCCCNC(=O)c1cccc(NC(=O)C2CC2)c1. The summed E-state index contributed by atoms with van der Waals surface area (Å²) in [7, 11) is 0. The molecule has 2 rings (SSSR count). The maximum Gasteiger partial charge on any atom is 0.251 e. The van der Waals surface area contributed by atoms with Crippen LogP contribution in [0.15, 0.2) is 24.3 Å². The minimum atomic E-state index is -0.121. The van der Waals surface area contributed by atoms with Gasteiger partial charge in [0.1, 0.15) is 0 Å². The molecule has 0 aromatic heterocycles. The highest BCUT2D eigenvalue weighted by Crippen LogP contribution is 2.30. The summed E-state index contributed by atoms with van der Waals surface area (Å²) >= 11 is 0. The second-order valence-electron chi connectivity index (χ2n) is 5.10. The molecule has 1 aromatic rings. The van der Waals surface area contributed by atoms with Crippen LogP contribution in [0.4, 0.5) is 5.69 Å². The van der Waals surface area contributed by atoms with Crippen LogP contribution >= 0.6 is 0 Å². The lowest BCUT2D eigenvalue weighted by atomic mass is 10.1. The molecule has 1 fully saturated rings. The van der Waals surface area contributed by atoms with Gasteiger partial charge in [0, 0.05) is 23.7 Å². The van der Waals surface area contributed by atoms with Gasteiger partial charge in [-0.2, -0.15) is 0 Å². The molecule has 1 aliphatic rings. The quantitative estimate of drug-likeness (QED) is 0.659. The maximum atomic E-state index is 11.9. The Morgan fingerprint density at radius 1 is 1.25 bits per heavy atom. The molecule has 0 unspecified atom stereocenters. The van der Waals surface area contributed by atoms with Gasteiger partial charge in [0.15, 0.2) is 0 Å². The Balaban J connectivity index is 1.87. The number of carbonyl (C=O) groups excluding carboxylic acids is 2. The van der Waals surface area contributed by atoms with Gasteiger partial charge in [0.05, 0.1) is 0 Å². The van der Waals surface area contributed by atoms with E-state index >= 15 is 0 Å². The third kappa shape index (κ3) is 4.35. The smallest absolute Gasteiger partial charge is 0.251 e. The maximum absolute atomic E-state index is 11.9. The Bertz CT molecular complexity index is 484. The highest BCUT2D eigenvalue weighted by Gasteiger charge is 2.29.